The van der Waals surface area contributed by atoms with Crippen LogP contribution >= 0.6 is 11.6 Å². The maximum atomic E-state index is 13.1. The van der Waals surface area contributed by atoms with Gasteiger partial charge in [0.1, 0.15) is 11.2 Å². The Morgan fingerprint density at radius 2 is 1.75 bits per heavy atom. The molecule has 2 heterocycles. The van der Waals surface area contributed by atoms with Gasteiger partial charge in [-0.05, 0) is 36.4 Å². The normalized spacial score (nSPS) is 14.0. The van der Waals surface area contributed by atoms with E-state index < -0.39 is 10.0 Å². The van der Waals surface area contributed by atoms with Gasteiger partial charge in [-0.25, -0.2) is 23.2 Å². The molecule has 0 spiro atoms. The van der Waals surface area contributed by atoms with E-state index in [1.807, 2.05) is 30.3 Å². The highest BCUT2D eigenvalue weighted by molar-refractivity contribution is 7.92. The number of anilines is 2. The number of hydrogen-bond acceptors (Lipinski definition) is 6. The van der Waals surface area contributed by atoms with Crippen molar-refractivity contribution in [2.45, 2.75) is 4.90 Å². The number of ether oxygens (including phenoxy) is 1. The molecule has 1 saturated heterocycles. The van der Waals surface area contributed by atoms with Crippen molar-refractivity contribution in [3.63, 3.8) is 0 Å². The summed E-state index contributed by atoms with van der Waals surface area (Å²) in [7, 11) is -4.01. The van der Waals surface area contributed by atoms with Gasteiger partial charge in [-0.2, -0.15) is 0 Å². The van der Waals surface area contributed by atoms with Gasteiger partial charge in [0, 0.05) is 35.4 Å². The molecule has 2 N–H and O–H groups in total. The third kappa shape index (κ3) is 5.11. The lowest BCUT2D eigenvalue weighted by Crippen LogP contribution is -2.43. The Hall–Kier alpha value is -3.73. The first-order valence-corrected chi connectivity index (χ1v) is 13.0. The average molecular weight is 524 g/mol. The third-order valence-corrected chi connectivity index (χ3v) is 7.57. The largest absolute Gasteiger partial charge is 0.378 e. The monoisotopic (exact) mass is 523 g/mol. The van der Waals surface area contributed by atoms with Gasteiger partial charge < -0.3 is 15.0 Å². The highest BCUT2D eigenvalue weighted by Gasteiger charge is 2.21. The molecule has 0 atom stereocenters. The highest BCUT2D eigenvalue weighted by Crippen LogP contribution is 2.30. The number of halogens is 1. The molecule has 0 unspecified atom stereocenters. The summed E-state index contributed by atoms with van der Waals surface area (Å²) in [5.74, 6) is 0. The summed E-state index contributed by atoms with van der Waals surface area (Å²) < 4.78 is 34.1. The quantitative estimate of drug-likeness (QED) is 0.395. The van der Waals surface area contributed by atoms with E-state index in [0.29, 0.717) is 43.4 Å². The average Bonchev–Trinajstić information content (AvgIpc) is 2.88. The lowest BCUT2D eigenvalue weighted by Gasteiger charge is -2.27. The molecule has 5 rings (SSSR count). The number of benzene rings is 3. The molecule has 0 saturated carbocycles. The van der Waals surface area contributed by atoms with Crippen LogP contribution in [-0.2, 0) is 14.8 Å². The number of nitrogens with zero attached hydrogens (tertiary/aromatic N) is 3. The number of para-hydroxylation sites is 1. The topological polar surface area (TPSA) is 114 Å². The first kappa shape index (κ1) is 24.0. The number of carbonyl (C=O) groups is 1. The van der Waals surface area contributed by atoms with Gasteiger partial charge in [0.25, 0.3) is 10.0 Å². The summed E-state index contributed by atoms with van der Waals surface area (Å²) in [4.78, 5) is 22.6. The molecule has 1 aliphatic heterocycles. The van der Waals surface area contributed by atoms with Gasteiger partial charge >= 0.3 is 6.03 Å². The predicted octanol–water partition coefficient (Wildman–Crippen LogP) is 4.62. The molecular weight excluding hydrogens is 502 g/mol. The van der Waals surface area contributed by atoms with Crippen molar-refractivity contribution >= 4 is 49.9 Å². The van der Waals surface area contributed by atoms with Gasteiger partial charge in [-0.3, -0.25) is 4.72 Å². The van der Waals surface area contributed by atoms with Crippen LogP contribution in [0.1, 0.15) is 0 Å². The molecule has 1 aromatic heterocycles. The summed E-state index contributed by atoms with van der Waals surface area (Å²) >= 11 is 6.32. The Labute approximate surface area is 213 Å². The minimum absolute atomic E-state index is 0.0137. The number of hydrogen-bond donors (Lipinski definition) is 2. The van der Waals surface area contributed by atoms with Crippen molar-refractivity contribution in [3.8, 4) is 11.3 Å². The molecule has 3 aromatic carbocycles. The van der Waals surface area contributed by atoms with Crippen molar-refractivity contribution < 1.29 is 17.9 Å². The number of aromatic nitrogens is 2. The van der Waals surface area contributed by atoms with Crippen molar-refractivity contribution in [2.75, 3.05) is 36.3 Å². The first-order valence-electron chi connectivity index (χ1n) is 11.2. The van der Waals surface area contributed by atoms with E-state index >= 15 is 0 Å². The van der Waals surface area contributed by atoms with Crippen LogP contribution in [-0.4, -0.2) is 55.6 Å². The molecule has 2 amide bonds. The van der Waals surface area contributed by atoms with E-state index in [0.717, 1.165) is 16.5 Å². The molecule has 0 bridgehead atoms. The Bertz CT molecular complexity index is 1540. The zero-order valence-electron chi connectivity index (χ0n) is 19.0. The number of amides is 2. The second-order valence-corrected chi connectivity index (χ2v) is 10.2. The minimum atomic E-state index is -4.01. The van der Waals surface area contributed by atoms with E-state index in [9.17, 15) is 13.2 Å². The number of carbonyl (C=O) groups excluding carboxylic acids is 1. The molecule has 11 heteroatoms. The summed E-state index contributed by atoms with van der Waals surface area (Å²) in [6.07, 6.45) is 1.48. The van der Waals surface area contributed by atoms with Crippen LogP contribution in [0.25, 0.3) is 22.2 Å². The summed E-state index contributed by atoms with van der Waals surface area (Å²) in [6.45, 7) is 1.93. The van der Waals surface area contributed by atoms with Crippen molar-refractivity contribution in [1.82, 2.24) is 14.9 Å². The lowest BCUT2D eigenvalue weighted by molar-refractivity contribution is 0.0564. The van der Waals surface area contributed by atoms with Crippen LogP contribution in [0.15, 0.2) is 78.0 Å². The van der Waals surface area contributed by atoms with E-state index in [4.69, 9.17) is 16.3 Å². The highest BCUT2D eigenvalue weighted by atomic mass is 35.5. The Morgan fingerprint density at radius 3 is 2.56 bits per heavy atom. The van der Waals surface area contributed by atoms with Gasteiger partial charge in [-0.15, -0.1) is 0 Å². The van der Waals surface area contributed by atoms with Crippen LogP contribution in [0.3, 0.4) is 0 Å². The fourth-order valence-corrected chi connectivity index (χ4v) is 5.54. The number of sulfonamides is 1. The van der Waals surface area contributed by atoms with Crippen LogP contribution in [0.2, 0.25) is 5.02 Å². The molecule has 1 fully saturated rings. The Kier molecular flexibility index (Phi) is 6.73. The maximum absolute atomic E-state index is 13.1. The zero-order chi connectivity index (χ0) is 25.1. The van der Waals surface area contributed by atoms with E-state index in [2.05, 4.69) is 20.0 Å². The van der Waals surface area contributed by atoms with Crippen molar-refractivity contribution in [1.29, 1.82) is 0 Å². The Morgan fingerprint density at radius 1 is 0.944 bits per heavy atom. The van der Waals surface area contributed by atoms with Gasteiger partial charge in [0.2, 0.25) is 0 Å². The number of urea groups is 1. The standard InChI is InChI=1S/C25H22ClN5O4S/c26-21-15-18(29-25(32)31-10-12-35-13-11-31)8-9-23(21)36(33,34)30-19-5-3-4-17(14-19)24-20-6-1-2-7-22(20)27-16-28-24/h1-9,14-16,30H,10-13H2,(H,29,32). The molecule has 9 nitrogen and oxygen atoms in total. The molecule has 4 aromatic rings. The lowest BCUT2D eigenvalue weighted by atomic mass is 10.1. The Balaban J connectivity index is 1.36. The molecule has 1 aliphatic rings. The van der Waals surface area contributed by atoms with Crippen molar-refractivity contribution in [2.24, 2.45) is 0 Å². The van der Waals surface area contributed by atoms with Gasteiger partial charge in [0.05, 0.1) is 29.4 Å². The molecular formula is C25H22ClN5O4S. The number of rotatable bonds is 5. The first-order chi connectivity index (χ1) is 17.4. The maximum Gasteiger partial charge on any atom is 0.322 e. The van der Waals surface area contributed by atoms with Crippen LogP contribution in [0, 0.1) is 0 Å². The fraction of sp³-hybridized carbons (Fsp3) is 0.160. The second kappa shape index (κ2) is 10.1. The fourth-order valence-electron chi connectivity index (χ4n) is 3.94. The number of nitrogens with one attached hydrogen (secondary N) is 2. The van der Waals surface area contributed by atoms with Crippen LogP contribution in [0.5, 0.6) is 0 Å². The predicted molar refractivity (Wildman–Crippen MR) is 139 cm³/mol. The second-order valence-electron chi connectivity index (χ2n) is 8.10. The molecule has 184 valence electrons. The van der Waals surface area contributed by atoms with Gasteiger partial charge in [-0.1, -0.05) is 41.9 Å². The van der Waals surface area contributed by atoms with Crippen molar-refractivity contribution in [3.05, 3.63) is 78.1 Å². The molecule has 36 heavy (non-hydrogen) atoms. The minimum Gasteiger partial charge on any atom is -0.378 e. The van der Waals surface area contributed by atoms with E-state index in [-0.39, 0.29) is 15.9 Å². The SMILES string of the molecule is O=C(Nc1ccc(S(=O)(=O)Nc2cccc(-c3ncnc4ccccc34)c2)c(Cl)c1)N1CCOCC1. The molecule has 0 aliphatic carbocycles. The van der Waals surface area contributed by atoms with E-state index in [1.165, 1.54) is 24.5 Å². The van der Waals surface area contributed by atoms with Crippen LogP contribution in [0.4, 0.5) is 16.2 Å². The van der Waals surface area contributed by atoms with E-state index in [1.54, 1.807) is 23.1 Å². The summed E-state index contributed by atoms with van der Waals surface area (Å²) in [5, 5.41) is 3.59. The third-order valence-electron chi connectivity index (χ3n) is 5.70. The van der Waals surface area contributed by atoms with Crippen LogP contribution < -0.4 is 10.0 Å². The summed E-state index contributed by atoms with van der Waals surface area (Å²) in [6, 6.07) is 18.5. The van der Waals surface area contributed by atoms with Gasteiger partial charge in [0.15, 0.2) is 0 Å². The number of fused-ring (bicyclic) bond motifs is 1. The number of morpholine rings is 1. The zero-order valence-corrected chi connectivity index (χ0v) is 20.6. The smallest absolute Gasteiger partial charge is 0.322 e. The summed E-state index contributed by atoms with van der Waals surface area (Å²) in [5.41, 5.74) is 2.98. The molecule has 0 radical (unpaired) electrons.